The first-order valence-corrected chi connectivity index (χ1v) is 4.58. The first-order chi connectivity index (χ1) is 7.83. The summed E-state index contributed by atoms with van der Waals surface area (Å²) in [6.07, 6.45) is -4.54. The first kappa shape index (κ1) is 13.3. The number of carbonyl (C=O) groups is 2. The highest BCUT2D eigenvalue weighted by molar-refractivity contribution is 5.97. The number of hydrogen-bond acceptors (Lipinski definition) is 3. The molecule has 1 atom stereocenters. The third-order valence-electron chi connectivity index (χ3n) is 1.81. The molecule has 0 spiro atoms. The van der Waals surface area contributed by atoms with Gasteiger partial charge in [0.15, 0.2) is 0 Å². The number of nitrogens with zero attached hydrogens (tertiary/aromatic N) is 1. The van der Waals surface area contributed by atoms with Crippen LogP contribution in [0.25, 0.3) is 0 Å². The van der Waals surface area contributed by atoms with Gasteiger partial charge in [-0.15, -0.1) is 0 Å². The summed E-state index contributed by atoms with van der Waals surface area (Å²) in [7, 11) is 0. The number of halogens is 3. The number of rotatable bonds is 2. The Hall–Kier alpha value is -1.75. The molecule has 0 aromatic carbocycles. The van der Waals surface area contributed by atoms with Crippen molar-refractivity contribution < 1.29 is 27.6 Å². The zero-order valence-corrected chi connectivity index (χ0v) is 8.80. The van der Waals surface area contributed by atoms with Crippen LogP contribution in [0, 0.1) is 11.8 Å². The zero-order valence-electron chi connectivity index (χ0n) is 8.80. The highest BCUT2D eigenvalue weighted by atomic mass is 19.4. The van der Waals surface area contributed by atoms with E-state index in [0.29, 0.717) is 0 Å². The van der Waals surface area contributed by atoms with E-state index < -0.39 is 30.6 Å². The molecule has 17 heavy (non-hydrogen) atoms. The van der Waals surface area contributed by atoms with Crippen LogP contribution < -0.4 is 5.32 Å². The van der Waals surface area contributed by atoms with Gasteiger partial charge in [-0.1, -0.05) is 5.92 Å². The summed E-state index contributed by atoms with van der Waals surface area (Å²) >= 11 is 0. The maximum Gasteiger partial charge on any atom is 0.408 e. The fourth-order valence-corrected chi connectivity index (χ4v) is 1.17. The largest absolute Gasteiger partial charge is 0.408 e. The van der Waals surface area contributed by atoms with E-state index in [-0.39, 0.29) is 11.7 Å². The quantitative estimate of drug-likeness (QED) is 0.692. The lowest BCUT2D eigenvalue weighted by Gasteiger charge is -2.16. The van der Waals surface area contributed by atoms with E-state index in [1.54, 1.807) is 0 Å². The molecule has 1 N–H and O–H groups in total. The molecule has 1 aliphatic rings. The molecule has 1 rings (SSSR count). The molecule has 1 saturated heterocycles. The Kier molecular flexibility index (Phi) is 3.96. The molecule has 1 unspecified atom stereocenters. The molecule has 0 aromatic heterocycles. The summed E-state index contributed by atoms with van der Waals surface area (Å²) in [6.45, 7) is -0.411. The van der Waals surface area contributed by atoms with Crippen LogP contribution >= 0.6 is 0 Å². The highest BCUT2D eigenvalue weighted by Crippen LogP contribution is 2.19. The second-order valence-corrected chi connectivity index (χ2v) is 3.19. The van der Waals surface area contributed by atoms with Crippen molar-refractivity contribution in [3.8, 4) is 11.8 Å². The van der Waals surface area contributed by atoms with Crippen LogP contribution in [-0.2, 0) is 14.4 Å². The Morgan fingerprint density at radius 1 is 1.65 bits per heavy atom. The second kappa shape index (κ2) is 5.05. The summed E-state index contributed by atoms with van der Waals surface area (Å²) in [5.74, 6) is 2.74. The molecule has 0 aromatic rings. The number of nitrogens with one attached hydrogen (secondary N) is 1. The number of hydroxylamine groups is 2. The lowest BCUT2D eigenvalue weighted by Crippen LogP contribution is -2.44. The minimum absolute atomic E-state index is 0.185. The van der Waals surface area contributed by atoms with Gasteiger partial charge in [0.1, 0.15) is 19.2 Å². The Morgan fingerprint density at radius 3 is 2.82 bits per heavy atom. The third-order valence-corrected chi connectivity index (χ3v) is 1.81. The molecule has 0 saturated carbocycles. The molecule has 2 amide bonds. The second-order valence-electron chi connectivity index (χ2n) is 3.19. The van der Waals surface area contributed by atoms with Crippen LogP contribution in [0.1, 0.15) is 6.92 Å². The SMILES string of the molecule is CC#CC(=O)NC1CON(CC(F)(F)F)C1=O. The molecule has 1 aliphatic heterocycles. The Labute approximate surface area is 94.8 Å². The predicted molar refractivity (Wildman–Crippen MR) is 49.1 cm³/mol. The smallest absolute Gasteiger partial charge is 0.331 e. The summed E-state index contributed by atoms with van der Waals surface area (Å²) in [5.41, 5.74) is 0. The van der Waals surface area contributed by atoms with E-state index >= 15 is 0 Å². The Balaban J connectivity index is 2.55. The van der Waals surface area contributed by atoms with E-state index in [2.05, 4.69) is 22.0 Å². The molecule has 8 heteroatoms. The van der Waals surface area contributed by atoms with Gasteiger partial charge >= 0.3 is 6.18 Å². The molecule has 0 radical (unpaired) electrons. The van der Waals surface area contributed by atoms with Gasteiger partial charge in [-0.2, -0.15) is 13.2 Å². The van der Waals surface area contributed by atoms with Gasteiger partial charge in [0.05, 0.1) is 0 Å². The minimum Gasteiger partial charge on any atom is -0.331 e. The van der Waals surface area contributed by atoms with Gasteiger partial charge in [0.25, 0.3) is 11.8 Å². The van der Waals surface area contributed by atoms with Crippen LogP contribution in [-0.4, -0.2) is 42.2 Å². The van der Waals surface area contributed by atoms with Crippen LogP contribution in [0.5, 0.6) is 0 Å². The van der Waals surface area contributed by atoms with Crippen molar-refractivity contribution in [1.29, 1.82) is 0 Å². The summed E-state index contributed by atoms with van der Waals surface area (Å²) in [5, 5.41) is 2.33. The van der Waals surface area contributed by atoms with E-state index in [9.17, 15) is 22.8 Å². The number of alkyl halides is 3. The van der Waals surface area contributed by atoms with Crippen LogP contribution in [0.4, 0.5) is 13.2 Å². The van der Waals surface area contributed by atoms with Crippen molar-refractivity contribution >= 4 is 11.8 Å². The monoisotopic (exact) mass is 250 g/mol. The zero-order chi connectivity index (χ0) is 13.1. The van der Waals surface area contributed by atoms with E-state index in [1.165, 1.54) is 6.92 Å². The highest BCUT2D eigenvalue weighted by Gasteiger charge is 2.41. The van der Waals surface area contributed by atoms with Gasteiger partial charge in [0.2, 0.25) is 0 Å². The van der Waals surface area contributed by atoms with Crippen molar-refractivity contribution in [3.63, 3.8) is 0 Å². The fourth-order valence-electron chi connectivity index (χ4n) is 1.17. The van der Waals surface area contributed by atoms with Crippen molar-refractivity contribution in [2.45, 2.75) is 19.1 Å². The van der Waals surface area contributed by atoms with Crippen LogP contribution in [0.2, 0.25) is 0 Å². The van der Waals surface area contributed by atoms with Crippen LogP contribution in [0.3, 0.4) is 0 Å². The maximum absolute atomic E-state index is 12.0. The van der Waals surface area contributed by atoms with Gasteiger partial charge in [0, 0.05) is 0 Å². The molecular weight excluding hydrogens is 241 g/mol. The molecule has 94 valence electrons. The lowest BCUT2D eigenvalue weighted by atomic mass is 10.3. The molecule has 0 bridgehead atoms. The standard InChI is InChI=1S/C9H9F3N2O3/c1-2-3-7(15)13-6-4-17-14(8(6)16)5-9(10,11)12/h6H,4-5H2,1H3,(H,13,15). The fraction of sp³-hybridized carbons (Fsp3) is 0.556. The van der Waals surface area contributed by atoms with E-state index in [0.717, 1.165) is 0 Å². The normalized spacial score (nSPS) is 19.9. The Bertz CT molecular complexity index is 383. The molecule has 0 aliphatic carbocycles. The van der Waals surface area contributed by atoms with Crippen molar-refractivity contribution in [3.05, 3.63) is 0 Å². The van der Waals surface area contributed by atoms with Crippen LogP contribution in [0.15, 0.2) is 0 Å². The van der Waals surface area contributed by atoms with Crippen molar-refractivity contribution in [1.82, 2.24) is 10.4 Å². The Morgan fingerprint density at radius 2 is 2.29 bits per heavy atom. The average Bonchev–Trinajstić information content (AvgIpc) is 2.48. The van der Waals surface area contributed by atoms with Crippen molar-refractivity contribution in [2.24, 2.45) is 0 Å². The molecule has 1 fully saturated rings. The molecule has 1 heterocycles. The van der Waals surface area contributed by atoms with Gasteiger partial charge < -0.3 is 5.32 Å². The van der Waals surface area contributed by atoms with Gasteiger partial charge in [-0.25, -0.2) is 5.06 Å². The minimum atomic E-state index is -4.54. The summed E-state index contributed by atoms with van der Waals surface area (Å²) < 4.78 is 36.0. The number of hydrogen-bond donors (Lipinski definition) is 1. The van der Waals surface area contributed by atoms with E-state index in [4.69, 9.17) is 0 Å². The molecule has 5 nitrogen and oxygen atoms in total. The van der Waals surface area contributed by atoms with Gasteiger partial charge in [-0.05, 0) is 12.8 Å². The van der Waals surface area contributed by atoms with E-state index in [1.807, 2.05) is 0 Å². The number of carbonyl (C=O) groups excluding carboxylic acids is 2. The topological polar surface area (TPSA) is 58.6 Å². The predicted octanol–water partition coefficient (Wildman–Crippen LogP) is -0.169. The average molecular weight is 250 g/mol. The van der Waals surface area contributed by atoms with Gasteiger partial charge in [-0.3, -0.25) is 14.4 Å². The first-order valence-electron chi connectivity index (χ1n) is 4.58. The summed E-state index contributed by atoms with van der Waals surface area (Å²) in [6, 6.07) is -1.12. The number of amides is 2. The molecular formula is C9H9F3N2O3. The maximum atomic E-state index is 12.0. The van der Waals surface area contributed by atoms with Crippen molar-refractivity contribution in [2.75, 3.05) is 13.2 Å². The third kappa shape index (κ3) is 3.96. The lowest BCUT2D eigenvalue weighted by molar-refractivity contribution is -0.214. The summed E-state index contributed by atoms with van der Waals surface area (Å²) in [4.78, 5) is 26.9.